The van der Waals surface area contributed by atoms with Crippen LogP contribution in [-0.2, 0) is 9.59 Å². The monoisotopic (exact) mass is 425 g/mol. The van der Waals surface area contributed by atoms with Crippen molar-refractivity contribution in [1.82, 2.24) is 9.88 Å². The van der Waals surface area contributed by atoms with E-state index in [0.29, 0.717) is 18.2 Å². The Kier molecular flexibility index (Phi) is 6.57. The average Bonchev–Trinajstić information content (AvgIpc) is 3.20. The Balaban J connectivity index is 1.28. The summed E-state index contributed by atoms with van der Waals surface area (Å²) >= 11 is 1.79. The standard InChI is InChI=1S/C23H27N3O3S/c1-29-20-6-4-5-19(14-20)26-15-18(13-22(26)27)23(28)25-11-8-17(9-12-25)16-30-21-7-2-3-10-24-21/h2-7,10,14,17-18H,8-9,11-13,15-16H2,1H3/t18-/m0/s1. The van der Waals surface area contributed by atoms with Gasteiger partial charge in [0, 0.05) is 49.8 Å². The van der Waals surface area contributed by atoms with Crippen molar-refractivity contribution in [3.8, 4) is 5.75 Å². The number of anilines is 1. The lowest BCUT2D eigenvalue weighted by molar-refractivity contribution is -0.137. The number of piperidine rings is 1. The number of pyridine rings is 1. The van der Waals surface area contributed by atoms with E-state index in [9.17, 15) is 9.59 Å². The Hall–Kier alpha value is -2.54. The number of nitrogens with zero attached hydrogens (tertiary/aromatic N) is 3. The summed E-state index contributed by atoms with van der Waals surface area (Å²) < 4.78 is 5.26. The highest BCUT2D eigenvalue weighted by Gasteiger charge is 2.38. The Labute approximate surface area is 181 Å². The fourth-order valence-electron chi connectivity index (χ4n) is 4.11. The normalized spacial score (nSPS) is 19.9. The molecule has 2 aromatic rings. The third-order valence-electron chi connectivity index (χ3n) is 5.87. The van der Waals surface area contributed by atoms with Gasteiger partial charge in [-0.05, 0) is 43.0 Å². The number of methoxy groups -OCH3 is 1. The van der Waals surface area contributed by atoms with Gasteiger partial charge in [-0.3, -0.25) is 9.59 Å². The number of benzene rings is 1. The van der Waals surface area contributed by atoms with Gasteiger partial charge in [-0.25, -0.2) is 4.98 Å². The molecule has 2 saturated heterocycles. The van der Waals surface area contributed by atoms with Gasteiger partial charge >= 0.3 is 0 Å². The number of hydrogen-bond donors (Lipinski definition) is 0. The van der Waals surface area contributed by atoms with E-state index in [1.54, 1.807) is 23.8 Å². The number of likely N-dealkylation sites (tertiary alicyclic amines) is 1. The summed E-state index contributed by atoms with van der Waals surface area (Å²) in [7, 11) is 1.61. The smallest absolute Gasteiger partial charge is 0.228 e. The Morgan fingerprint density at radius 3 is 2.77 bits per heavy atom. The van der Waals surface area contributed by atoms with Crippen LogP contribution in [0.15, 0.2) is 53.7 Å². The first-order chi connectivity index (χ1) is 14.6. The molecule has 4 rings (SSSR count). The van der Waals surface area contributed by atoms with Gasteiger partial charge in [0.1, 0.15) is 5.75 Å². The zero-order chi connectivity index (χ0) is 20.9. The molecule has 7 heteroatoms. The molecule has 0 N–H and O–H groups in total. The van der Waals surface area contributed by atoms with Crippen LogP contribution in [0.25, 0.3) is 0 Å². The van der Waals surface area contributed by atoms with E-state index in [2.05, 4.69) is 4.98 Å². The van der Waals surface area contributed by atoms with Gasteiger partial charge in [0.15, 0.2) is 0 Å². The van der Waals surface area contributed by atoms with Crippen LogP contribution < -0.4 is 9.64 Å². The molecule has 2 aliphatic rings. The largest absolute Gasteiger partial charge is 0.497 e. The minimum absolute atomic E-state index is 0.00301. The highest BCUT2D eigenvalue weighted by molar-refractivity contribution is 7.99. The molecule has 0 radical (unpaired) electrons. The lowest BCUT2D eigenvalue weighted by atomic mass is 9.97. The predicted octanol–water partition coefficient (Wildman–Crippen LogP) is 3.47. The molecular formula is C23H27N3O3S. The van der Waals surface area contributed by atoms with E-state index in [1.807, 2.05) is 53.6 Å². The molecular weight excluding hydrogens is 398 g/mol. The number of hydrogen-bond acceptors (Lipinski definition) is 5. The van der Waals surface area contributed by atoms with E-state index < -0.39 is 0 Å². The predicted molar refractivity (Wildman–Crippen MR) is 118 cm³/mol. The third kappa shape index (κ3) is 4.78. The molecule has 0 unspecified atom stereocenters. The third-order valence-corrected chi connectivity index (χ3v) is 7.05. The van der Waals surface area contributed by atoms with Gasteiger partial charge in [0.05, 0.1) is 18.1 Å². The van der Waals surface area contributed by atoms with Gasteiger partial charge in [-0.1, -0.05) is 12.1 Å². The maximum absolute atomic E-state index is 13.0. The molecule has 0 spiro atoms. The maximum atomic E-state index is 13.0. The Bertz CT molecular complexity index is 884. The van der Waals surface area contributed by atoms with Crippen LogP contribution in [0.5, 0.6) is 5.75 Å². The second kappa shape index (κ2) is 9.51. The summed E-state index contributed by atoms with van der Waals surface area (Å²) in [6.07, 6.45) is 4.12. The van der Waals surface area contributed by atoms with Crippen LogP contribution in [0.2, 0.25) is 0 Å². The van der Waals surface area contributed by atoms with Gasteiger partial charge < -0.3 is 14.5 Å². The lowest BCUT2D eigenvalue weighted by Crippen LogP contribution is -2.42. The number of thioether (sulfide) groups is 1. The van der Waals surface area contributed by atoms with Crippen LogP contribution in [0.3, 0.4) is 0 Å². The molecule has 0 saturated carbocycles. The van der Waals surface area contributed by atoms with E-state index in [0.717, 1.165) is 42.4 Å². The highest BCUT2D eigenvalue weighted by Crippen LogP contribution is 2.30. The maximum Gasteiger partial charge on any atom is 0.228 e. The van der Waals surface area contributed by atoms with Crippen molar-refractivity contribution >= 4 is 29.3 Å². The fraction of sp³-hybridized carbons (Fsp3) is 0.435. The number of carbonyl (C=O) groups excluding carboxylic acids is 2. The molecule has 2 aliphatic heterocycles. The first kappa shape index (κ1) is 20.7. The molecule has 30 heavy (non-hydrogen) atoms. The molecule has 0 bridgehead atoms. The second-order valence-corrected chi connectivity index (χ2v) is 8.89. The summed E-state index contributed by atoms with van der Waals surface area (Å²) in [5, 5.41) is 1.05. The highest BCUT2D eigenvalue weighted by atomic mass is 32.2. The summed E-state index contributed by atoms with van der Waals surface area (Å²) in [6.45, 7) is 1.99. The van der Waals surface area contributed by atoms with Crippen molar-refractivity contribution in [1.29, 1.82) is 0 Å². The Morgan fingerprint density at radius 1 is 1.20 bits per heavy atom. The molecule has 3 heterocycles. The number of rotatable bonds is 6. The first-order valence-electron chi connectivity index (χ1n) is 10.4. The zero-order valence-electron chi connectivity index (χ0n) is 17.2. The Morgan fingerprint density at radius 2 is 2.03 bits per heavy atom. The SMILES string of the molecule is COc1cccc(N2C[C@@H](C(=O)N3CCC(CSc4ccccn4)CC3)CC2=O)c1. The minimum atomic E-state index is -0.261. The quantitative estimate of drug-likeness (QED) is 0.663. The molecule has 158 valence electrons. The second-order valence-electron chi connectivity index (χ2n) is 7.85. The van der Waals surface area contributed by atoms with Gasteiger partial charge in [0.25, 0.3) is 0 Å². The van der Waals surface area contributed by atoms with Gasteiger partial charge in [-0.2, -0.15) is 0 Å². The van der Waals surface area contributed by atoms with Gasteiger partial charge in [-0.15, -0.1) is 11.8 Å². The fourth-order valence-corrected chi connectivity index (χ4v) is 5.16. The van der Waals surface area contributed by atoms with Crippen LogP contribution >= 0.6 is 11.8 Å². The van der Waals surface area contributed by atoms with Crippen molar-refractivity contribution in [2.24, 2.45) is 11.8 Å². The zero-order valence-corrected chi connectivity index (χ0v) is 18.0. The molecule has 2 amide bonds. The van der Waals surface area contributed by atoms with Crippen LogP contribution in [0.4, 0.5) is 5.69 Å². The molecule has 1 atom stereocenters. The van der Waals surface area contributed by atoms with Crippen molar-refractivity contribution in [2.45, 2.75) is 24.3 Å². The van der Waals surface area contributed by atoms with E-state index in [-0.39, 0.29) is 24.2 Å². The summed E-state index contributed by atoms with van der Waals surface area (Å²) in [5.41, 5.74) is 0.792. The van der Waals surface area contributed by atoms with Crippen molar-refractivity contribution in [3.63, 3.8) is 0 Å². The number of amides is 2. The van der Waals surface area contributed by atoms with E-state index in [4.69, 9.17) is 4.74 Å². The summed E-state index contributed by atoms with van der Waals surface area (Å²) in [4.78, 5) is 33.6. The van der Waals surface area contributed by atoms with E-state index in [1.165, 1.54) is 0 Å². The molecule has 6 nitrogen and oxygen atoms in total. The minimum Gasteiger partial charge on any atom is -0.497 e. The number of carbonyl (C=O) groups is 2. The van der Waals surface area contributed by atoms with Crippen molar-refractivity contribution < 1.29 is 14.3 Å². The van der Waals surface area contributed by atoms with Gasteiger partial charge in [0.2, 0.25) is 11.8 Å². The summed E-state index contributed by atoms with van der Waals surface area (Å²) in [6, 6.07) is 13.4. The van der Waals surface area contributed by atoms with Crippen LogP contribution in [0, 0.1) is 11.8 Å². The van der Waals surface area contributed by atoms with Crippen LogP contribution in [0.1, 0.15) is 19.3 Å². The van der Waals surface area contributed by atoms with E-state index >= 15 is 0 Å². The van der Waals surface area contributed by atoms with Crippen LogP contribution in [-0.4, -0.2) is 54.2 Å². The molecule has 0 aliphatic carbocycles. The number of ether oxygens (including phenoxy) is 1. The average molecular weight is 426 g/mol. The number of aromatic nitrogens is 1. The molecule has 2 fully saturated rings. The molecule has 1 aromatic carbocycles. The lowest BCUT2D eigenvalue weighted by Gasteiger charge is -2.33. The van der Waals surface area contributed by atoms with Crippen molar-refractivity contribution in [3.05, 3.63) is 48.7 Å². The topological polar surface area (TPSA) is 62.7 Å². The molecule has 1 aromatic heterocycles. The summed E-state index contributed by atoms with van der Waals surface area (Å²) in [5.74, 6) is 2.20. The first-order valence-corrected chi connectivity index (χ1v) is 11.4. The van der Waals surface area contributed by atoms with Crippen molar-refractivity contribution in [2.75, 3.05) is 37.4 Å².